The van der Waals surface area contributed by atoms with Gasteiger partial charge in [-0.1, -0.05) is 19.3 Å². The molecule has 21 heavy (non-hydrogen) atoms. The van der Waals surface area contributed by atoms with Crippen molar-refractivity contribution in [2.24, 2.45) is 5.92 Å². The molecule has 1 saturated carbocycles. The summed E-state index contributed by atoms with van der Waals surface area (Å²) in [5.41, 5.74) is 0.487. The number of nitrogens with one attached hydrogen (secondary N) is 1. The van der Waals surface area contributed by atoms with Crippen molar-refractivity contribution in [3.05, 3.63) is 15.8 Å². The van der Waals surface area contributed by atoms with E-state index in [-0.39, 0.29) is 15.8 Å². The first-order valence-corrected chi connectivity index (χ1v) is 9.53. The molecule has 0 aliphatic heterocycles. The fraction of sp³-hybridized carbons (Fsp3) is 0.643. The van der Waals surface area contributed by atoms with Gasteiger partial charge in [0.2, 0.25) is 10.0 Å². The van der Waals surface area contributed by atoms with Gasteiger partial charge >= 0.3 is 5.97 Å². The van der Waals surface area contributed by atoms with E-state index in [1.54, 1.807) is 12.3 Å². The summed E-state index contributed by atoms with van der Waals surface area (Å²) in [6, 6.07) is -0.170. The SMILES string of the molecule is Cc1csc(C(=O)O)c1S(=O)(=O)NC(C)C1CCCCC1. The summed E-state index contributed by atoms with van der Waals surface area (Å²) in [7, 11) is -3.79. The molecular formula is C14H21NO4S2. The summed E-state index contributed by atoms with van der Waals surface area (Å²) in [6.45, 7) is 3.50. The van der Waals surface area contributed by atoms with Gasteiger partial charge < -0.3 is 5.11 Å². The lowest BCUT2D eigenvalue weighted by Crippen LogP contribution is -2.39. The molecule has 0 aromatic carbocycles. The van der Waals surface area contributed by atoms with E-state index in [1.807, 2.05) is 6.92 Å². The quantitative estimate of drug-likeness (QED) is 0.869. The summed E-state index contributed by atoms with van der Waals surface area (Å²) < 4.78 is 27.7. The Bertz CT molecular complexity index is 615. The standard InChI is InChI=1S/C14H21NO4S2/c1-9-8-20-12(14(16)17)13(9)21(18,19)15-10(2)11-6-4-3-5-7-11/h8,10-11,15H,3-7H2,1-2H3,(H,16,17). The van der Waals surface area contributed by atoms with Crippen LogP contribution in [-0.2, 0) is 10.0 Å². The molecular weight excluding hydrogens is 310 g/mol. The molecule has 0 saturated heterocycles. The molecule has 0 radical (unpaired) electrons. The van der Waals surface area contributed by atoms with E-state index in [0.717, 1.165) is 37.0 Å². The minimum atomic E-state index is -3.79. The van der Waals surface area contributed by atoms with E-state index in [2.05, 4.69) is 4.72 Å². The Hall–Kier alpha value is -0.920. The second-order valence-electron chi connectivity index (χ2n) is 5.69. The van der Waals surface area contributed by atoms with E-state index >= 15 is 0 Å². The third kappa shape index (κ3) is 3.64. The first-order valence-electron chi connectivity index (χ1n) is 7.16. The van der Waals surface area contributed by atoms with Gasteiger partial charge in [0.1, 0.15) is 9.77 Å². The van der Waals surface area contributed by atoms with Gasteiger partial charge in [0.05, 0.1) is 0 Å². The second-order valence-corrected chi connectivity index (χ2v) is 8.22. The molecule has 1 aliphatic rings. The number of carbonyl (C=O) groups is 1. The van der Waals surface area contributed by atoms with Gasteiger partial charge in [0.25, 0.3) is 0 Å². The molecule has 1 aromatic heterocycles. The number of aromatic carboxylic acids is 1. The predicted molar refractivity (Wildman–Crippen MR) is 82.4 cm³/mol. The van der Waals surface area contributed by atoms with Crippen molar-refractivity contribution in [2.45, 2.75) is 56.9 Å². The maximum Gasteiger partial charge on any atom is 0.347 e. The van der Waals surface area contributed by atoms with Gasteiger partial charge in [0, 0.05) is 6.04 Å². The number of hydrogen-bond donors (Lipinski definition) is 2. The monoisotopic (exact) mass is 331 g/mol. The Morgan fingerprint density at radius 2 is 2.00 bits per heavy atom. The summed E-state index contributed by atoms with van der Waals surface area (Å²) in [6.07, 6.45) is 5.53. The number of thiophene rings is 1. The Labute approximate surface area is 129 Å². The van der Waals surface area contributed by atoms with E-state index in [4.69, 9.17) is 5.11 Å². The molecule has 5 nitrogen and oxygen atoms in total. The normalized spacial score (nSPS) is 18.6. The number of aryl methyl sites for hydroxylation is 1. The van der Waals surface area contributed by atoms with Crippen molar-refractivity contribution in [3.8, 4) is 0 Å². The van der Waals surface area contributed by atoms with Gasteiger partial charge in [-0.25, -0.2) is 17.9 Å². The Balaban J connectivity index is 2.22. The number of carboxylic acids is 1. The summed E-state index contributed by atoms with van der Waals surface area (Å²) in [4.78, 5) is 11.0. The third-order valence-corrected chi connectivity index (χ3v) is 7.04. The molecule has 7 heteroatoms. The number of hydrogen-bond acceptors (Lipinski definition) is 4. The lowest BCUT2D eigenvalue weighted by atomic mass is 9.85. The molecule has 1 aliphatic carbocycles. The fourth-order valence-corrected chi connectivity index (χ4v) is 5.89. The molecule has 0 amide bonds. The number of carboxylic acid groups (broad SMARTS) is 1. The lowest BCUT2D eigenvalue weighted by Gasteiger charge is -2.28. The average Bonchev–Trinajstić information content (AvgIpc) is 2.82. The van der Waals surface area contributed by atoms with Crippen molar-refractivity contribution >= 4 is 27.3 Å². The molecule has 1 unspecified atom stereocenters. The van der Waals surface area contributed by atoms with Crippen LogP contribution < -0.4 is 4.72 Å². The van der Waals surface area contributed by atoms with E-state index in [0.29, 0.717) is 11.5 Å². The smallest absolute Gasteiger partial charge is 0.347 e. The molecule has 1 heterocycles. The highest BCUT2D eigenvalue weighted by molar-refractivity contribution is 7.89. The van der Waals surface area contributed by atoms with Crippen LogP contribution in [0.25, 0.3) is 0 Å². The molecule has 2 N–H and O–H groups in total. The van der Waals surface area contributed by atoms with Crippen LogP contribution in [0.3, 0.4) is 0 Å². The molecule has 1 aromatic rings. The van der Waals surface area contributed by atoms with Crippen LogP contribution in [0.15, 0.2) is 10.3 Å². The van der Waals surface area contributed by atoms with Crippen molar-refractivity contribution in [1.82, 2.24) is 4.72 Å². The highest BCUT2D eigenvalue weighted by atomic mass is 32.2. The third-order valence-electron chi connectivity index (χ3n) is 4.08. The average molecular weight is 331 g/mol. The summed E-state index contributed by atoms with van der Waals surface area (Å²) in [5.74, 6) is -0.862. The van der Waals surface area contributed by atoms with E-state index in [9.17, 15) is 13.2 Å². The molecule has 2 rings (SSSR count). The zero-order valence-corrected chi connectivity index (χ0v) is 13.9. The van der Waals surface area contributed by atoms with E-state index in [1.165, 1.54) is 6.42 Å². The van der Waals surface area contributed by atoms with Crippen LogP contribution >= 0.6 is 11.3 Å². The highest BCUT2D eigenvalue weighted by Crippen LogP contribution is 2.30. The van der Waals surface area contributed by atoms with Gasteiger partial charge in [-0.3, -0.25) is 0 Å². The second kappa shape index (κ2) is 6.46. The van der Waals surface area contributed by atoms with E-state index < -0.39 is 16.0 Å². The number of sulfonamides is 1. The summed E-state index contributed by atoms with van der Waals surface area (Å²) >= 11 is 0.955. The Morgan fingerprint density at radius 3 is 2.57 bits per heavy atom. The topological polar surface area (TPSA) is 83.5 Å². The number of rotatable bonds is 5. The zero-order valence-electron chi connectivity index (χ0n) is 12.3. The first-order chi connectivity index (χ1) is 9.83. The first kappa shape index (κ1) is 16.5. The Morgan fingerprint density at radius 1 is 1.38 bits per heavy atom. The predicted octanol–water partition coefficient (Wildman–Crippen LogP) is 3.00. The van der Waals surface area contributed by atoms with Crippen molar-refractivity contribution in [3.63, 3.8) is 0 Å². The van der Waals surface area contributed by atoms with Crippen LogP contribution in [0.2, 0.25) is 0 Å². The van der Waals surface area contributed by atoms with Gasteiger partial charge in [-0.05, 0) is 43.6 Å². The van der Waals surface area contributed by atoms with Crippen LogP contribution in [0.4, 0.5) is 0 Å². The van der Waals surface area contributed by atoms with Crippen LogP contribution in [0, 0.1) is 12.8 Å². The zero-order chi connectivity index (χ0) is 15.6. The van der Waals surface area contributed by atoms with Crippen LogP contribution in [-0.4, -0.2) is 25.5 Å². The molecule has 118 valence electrons. The highest BCUT2D eigenvalue weighted by Gasteiger charge is 2.30. The summed E-state index contributed by atoms with van der Waals surface area (Å²) in [5, 5.41) is 10.7. The van der Waals surface area contributed by atoms with Crippen LogP contribution in [0.1, 0.15) is 54.3 Å². The van der Waals surface area contributed by atoms with Crippen LogP contribution in [0.5, 0.6) is 0 Å². The maximum absolute atomic E-state index is 12.5. The van der Waals surface area contributed by atoms with Crippen molar-refractivity contribution in [2.75, 3.05) is 0 Å². The van der Waals surface area contributed by atoms with Crippen molar-refractivity contribution in [1.29, 1.82) is 0 Å². The largest absolute Gasteiger partial charge is 0.477 e. The fourth-order valence-electron chi connectivity index (χ4n) is 2.95. The molecule has 1 fully saturated rings. The lowest BCUT2D eigenvalue weighted by molar-refractivity contribution is 0.0698. The Kier molecular flexibility index (Phi) is 5.06. The minimum Gasteiger partial charge on any atom is -0.477 e. The van der Waals surface area contributed by atoms with Gasteiger partial charge in [0.15, 0.2) is 0 Å². The van der Waals surface area contributed by atoms with Crippen molar-refractivity contribution < 1.29 is 18.3 Å². The molecule has 1 atom stereocenters. The van der Waals surface area contributed by atoms with Gasteiger partial charge in [-0.15, -0.1) is 11.3 Å². The molecule has 0 bridgehead atoms. The molecule has 0 spiro atoms. The van der Waals surface area contributed by atoms with Gasteiger partial charge in [-0.2, -0.15) is 0 Å². The maximum atomic E-state index is 12.5. The minimum absolute atomic E-state index is 0.0809.